The lowest BCUT2D eigenvalue weighted by Gasteiger charge is -2.05. The lowest BCUT2D eigenvalue weighted by atomic mass is 10.3. The van der Waals surface area contributed by atoms with Crippen LogP contribution in [0.15, 0.2) is 62.6 Å². The van der Waals surface area contributed by atoms with Gasteiger partial charge in [0.2, 0.25) is 0 Å². The summed E-state index contributed by atoms with van der Waals surface area (Å²) >= 11 is 7.41. The van der Waals surface area contributed by atoms with Crippen LogP contribution in [0.2, 0.25) is 5.02 Å². The van der Waals surface area contributed by atoms with E-state index in [4.69, 9.17) is 20.8 Å². The maximum atomic E-state index is 11.8. The molecule has 0 N–H and O–H groups in total. The first-order chi connectivity index (χ1) is 12.1. The Bertz CT molecular complexity index is 917. The molecule has 0 bridgehead atoms. The molecule has 0 saturated carbocycles. The Morgan fingerprint density at radius 1 is 1.16 bits per heavy atom. The van der Waals surface area contributed by atoms with Gasteiger partial charge in [-0.25, -0.2) is 4.79 Å². The summed E-state index contributed by atoms with van der Waals surface area (Å²) in [7, 11) is 0. The molecule has 0 atom stereocenters. The van der Waals surface area contributed by atoms with Gasteiger partial charge in [0.15, 0.2) is 5.58 Å². The second-order valence-corrected chi connectivity index (χ2v) is 6.86. The number of nitrogens with zero attached hydrogens (tertiary/aromatic N) is 1. The van der Waals surface area contributed by atoms with Crippen molar-refractivity contribution in [1.82, 2.24) is 4.57 Å². The van der Waals surface area contributed by atoms with Crippen molar-refractivity contribution in [2.75, 3.05) is 12.4 Å². The fraction of sp³-hybridized carbons (Fsp3) is 0.222. The van der Waals surface area contributed by atoms with E-state index >= 15 is 0 Å². The SMILES string of the molecule is O=C(CCn1c(=O)oc2ccccc21)OCCSc1ccc(Cl)cc1. The van der Waals surface area contributed by atoms with E-state index in [1.54, 1.807) is 30.0 Å². The highest BCUT2D eigenvalue weighted by atomic mass is 35.5. The lowest BCUT2D eigenvalue weighted by Crippen LogP contribution is -2.18. The summed E-state index contributed by atoms with van der Waals surface area (Å²) in [5.41, 5.74) is 1.19. The molecule has 25 heavy (non-hydrogen) atoms. The van der Waals surface area contributed by atoms with E-state index in [1.807, 2.05) is 30.3 Å². The van der Waals surface area contributed by atoms with Crippen LogP contribution in [0.25, 0.3) is 11.1 Å². The van der Waals surface area contributed by atoms with Gasteiger partial charge in [0, 0.05) is 22.2 Å². The summed E-state index contributed by atoms with van der Waals surface area (Å²) in [6.45, 7) is 0.548. The maximum Gasteiger partial charge on any atom is 0.419 e. The number of carbonyl (C=O) groups excluding carboxylic acids is 1. The number of benzene rings is 2. The molecule has 0 saturated heterocycles. The second-order valence-electron chi connectivity index (χ2n) is 5.26. The van der Waals surface area contributed by atoms with E-state index in [0.29, 0.717) is 28.5 Å². The molecule has 130 valence electrons. The van der Waals surface area contributed by atoms with Crippen LogP contribution < -0.4 is 5.76 Å². The molecule has 7 heteroatoms. The zero-order valence-electron chi connectivity index (χ0n) is 13.3. The number of oxazole rings is 1. The van der Waals surface area contributed by atoms with Crippen molar-refractivity contribution in [1.29, 1.82) is 0 Å². The molecule has 2 aromatic carbocycles. The molecular formula is C18H16ClNO4S. The molecule has 5 nitrogen and oxygen atoms in total. The number of aromatic nitrogens is 1. The summed E-state index contributed by atoms with van der Waals surface area (Å²) in [4.78, 5) is 24.7. The average Bonchev–Trinajstić information content (AvgIpc) is 2.93. The fourth-order valence-corrected chi connectivity index (χ4v) is 3.20. The summed E-state index contributed by atoms with van der Waals surface area (Å²) in [6.07, 6.45) is 0.120. The van der Waals surface area contributed by atoms with Crippen LogP contribution in [-0.4, -0.2) is 22.9 Å². The molecule has 0 aliphatic heterocycles. The highest BCUT2D eigenvalue weighted by Crippen LogP contribution is 2.20. The highest BCUT2D eigenvalue weighted by molar-refractivity contribution is 7.99. The molecule has 0 unspecified atom stereocenters. The minimum Gasteiger partial charge on any atom is -0.465 e. The largest absolute Gasteiger partial charge is 0.465 e. The molecule has 3 rings (SSSR count). The monoisotopic (exact) mass is 377 g/mol. The number of hydrogen-bond donors (Lipinski definition) is 0. The number of esters is 1. The van der Waals surface area contributed by atoms with Crippen molar-refractivity contribution in [2.45, 2.75) is 17.9 Å². The van der Waals surface area contributed by atoms with Gasteiger partial charge in [-0.15, -0.1) is 11.8 Å². The van der Waals surface area contributed by atoms with Gasteiger partial charge in [-0.2, -0.15) is 0 Å². The Kier molecular flexibility index (Phi) is 5.83. The molecule has 0 amide bonds. The first-order valence-corrected chi connectivity index (χ1v) is 9.12. The molecule has 0 fully saturated rings. The Labute approximate surface area is 153 Å². The Balaban J connectivity index is 1.44. The topological polar surface area (TPSA) is 61.4 Å². The van der Waals surface area contributed by atoms with Crippen molar-refractivity contribution in [3.63, 3.8) is 0 Å². The standard InChI is InChI=1S/C18H16ClNO4S/c19-13-5-7-14(8-6-13)25-12-11-23-17(21)9-10-20-15-3-1-2-4-16(15)24-18(20)22/h1-8H,9-12H2. The van der Waals surface area contributed by atoms with E-state index in [1.165, 1.54) is 4.57 Å². The molecule has 0 aliphatic rings. The van der Waals surface area contributed by atoms with Gasteiger partial charge in [-0.05, 0) is 36.4 Å². The van der Waals surface area contributed by atoms with Crippen molar-refractivity contribution in [3.05, 3.63) is 64.1 Å². The van der Waals surface area contributed by atoms with Crippen LogP contribution in [0.4, 0.5) is 0 Å². The van der Waals surface area contributed by atoms with E-state index in [0.717, 1.165) is 4.90 Å². The number of fused-ring (bicyclic) bond motifs is 1. The normalized spacial score (nSPS) is 10.9. The molecule has 0 aliphatic carbocycles. The first-order valence-electron chi connectivity index (χ1n) is 7.76. The van der Waals surface area contributed by atoms with Crippen molar-refractivity contribution in [2.24, 2.45) is 0 Å². The van der Waals surface area contributed by atoms with Gasteiger partial charge in [-0.3, -0.25) is 9.36 Å². The second kappa shape index (κ2) is 8.27. The van der Waals surface area contributed by atoms with Crippen LogP contribution in [-0.2, 0) is 16.1 Å². The maximum absolute atomic E-state index is 11.8. The average molecular weight is 378 g/mol. The number of ether oxygens (including phenoxy) is 1. The number of aryl methyl sites for hydroxylation is 1. The van der Waals surface area contributed by atoms with E-state index < -0.39 is 5.76 Å². The molecule has 1 aromatic heterocycles. The smallest absolute Gasteiger partial charge is 0.419 e. The zero-order valence-corrected chi connectivity index (χ0v) is 14.9. The number of thioether (sulfide) groups is 1. The summed E-state index contributed by atoms with van der Waals surface area (Å²) in [6, 6.07) is 14.6. The van der Waals surface area contributed by atoms with Gasteiger partial charge in [0.1, 0.15) is 6.61 Å². The third-order valence-corrected chi connectivity index (χ3v) is 4.77. The van der Waals surface area contributed by atoms with Crippen LogP contribution >= 0.6 is 23.4 Å². The van der Waals surface area contributed by atoms with Crippen molar-refractivity contribution in [3.8, 4) is 0 Å². The predicted octanol–water partition coefficient (Wildman–Crippen LogP) is 3.97. The van der Waals surface area contributed by atoms with Gasteiger partial charge in [-0.1, -0.05) is 23.7 Å². The van der Waals surface area contributed by atoms with E-state index in [-0.39, 0.29) is 18.9 Å². The number of halogens is 1. The number of rotatable bonds is 7. The van der Waals surface area contributed by atoms with Crippen molar-refractivity contribution >= 4 is 40.4 Å². The van der Waals surface area contributed by atoms with Gasteiger partial charge in [0.05, 0.1) is 11.9 Å². The molecule has 1 heterocycles. The molecule has 0 spiro atoms. The first kappa shape index (κ1) is 17.6. The quantitative estimate of drug-likeness (QED) is 0.354. The van der Waals surface area contributed by atoms with E-state index in [2.05, 4.69) is 0 Å². The Morgan fingerprint density at radius 2 is 1.92 bits per heavy atom. The fourth-order valence-electron chi connectivity index (χ4n) is 2.35. The molecule has 0 radical (unpaired) electrons. The van der Waals surface area contributed by atoms with Crippen LogP contribution in [0.5, 0.6) is 0 Å². The minimum absolute atomic E-state index is 0.120. The Morgan fingerprint density at radius 3 is 2.72 bits per heavy atom. The minimum atomic E-state index is -0.465. The summed E-state index contributed by atoms with van der Waals surface area (Å²) in [5.74, 6) is -0.150. The van der Waals surface area contributed by atoms with E-state index in [9.17, 15) is 9.59 Å². The van der Waals surface area contributed by atoms with Gasteiger partial charge < -0.3 is 9.15 Å². The van der Waals surface area contributed by atoms with Gasteiger partial charge >= 0.3 is 11.7 Å². The molecule has 3 aromatic rings. The number of hydrogen-bond acceptors (Lipinski definition) is 5. The van der Waals surface area contributed by atoms with Gasteiger partial charge in [0.25, 0.3) is 0 Å². The number of para-hydroxylation sites is 2. The third kappa shape index (κ3) is 4.67. The van der Waals surface area contributed by atoms with Crippen LogP contribution in [0.1, 0.15) is 6.42 Å². The summed E-state index contributed by atoms with van der Waals surface area (Å²) in [5, 5.41) is 0.692. The summed E-state index contributed by atoms with van der Waals surface area (Å²) < 4.78 is 11.8. The third-order valence-electron chi connectivity index (χ3n) is 3.54. The van der Waals surface area contributed by atoms with Crippen LogP contribution in [0, 0.1) is 0 Å². The zero-order chi connectivity index (χ0) is 17.6. The highest BCUT2D eigenvalue weighted by Gasteiger charge is 2.11. The number of carbonyl (C=O) groups is 1. The molecular weight excluding hydrogens is 362 g/mol. The van der Waals surface area contributed by atoms with Crippen LogP contribution in [0.3, 0.4) is 0 Å². The lowest BCUT2D eigenvalue weighted by molar-refractivity contribution is -0.143. The van der Waals surface area contributed by atoms with Crippen molar-refractivity contribution < 1.29 is 13.9 Å². The Hall–Kier alpha value is -2.18. The predicted molar refractivity (Wildman–Crippen MR) is 98.2 cm³/mol.